The number of amides is 1. The first-order valence-electron chi connectivity index (χ1n) is 13.0. The molecule has 0 aliphatic carbocycles. The molecule has 0 atom stereocenters. The van der Waals surface area contributed by atoms with Gasteiger partial charge in [0.25, 0.3) is 5.91 Å². The van der Waals surface area contributed by atoms with Gasteiger partial charge in [-0.05, 0) is 73.7 Å². The van der Waals surface area contributed by atoms with Crippen LogP contribution in [0.1, 0.15) is 47.2 Å². The van der Waals surface area contributed by atoms with Crippen molar-refractivity contribution >= 4 is 28.6 Å². The van der Waals surface area contributed by atoms with Gasteiger partial charge in [-0.3, -0.25) is 9.59 Å². The smallest absolute Gasteiger partial charge is 0.254 e. The second kappa shape index (κ2) is 11.1. The molecule has 9 nitrogen and oxygen atoms in total. The molecule has 4 aromatic rings. The highest BCUT2D eigenvalue weighted by atomic mass is 16.3. The van der Waals surface area contributed by atoms with Crippen LogP contribution in [0, 0.1) is 0 Å². The fourth-order valence-electron chi connectivity index (χ4n) is 5.03. The first-order valence-corrected chi connectivity index (χ1v) is 13.0. The van der Waals surface area contributed by atoms with E-state index in [1.807, 2.05) is 36.4 Å². The normalized spacial score (nSPS) is 14.6. The summed E-state index contributed by atoms with van der Waals surface area (Å²) in [6.07, 6.45) is 5.93. The summed E-state index contributed by atoms with van der Waals surface area (Å²) in [7, 11) is 0. The summed E-state index contributed by atoms with van der Waals surface area (Å²) in [5.41, 5.74) is 9.34. The third kappa shape index (κ3) is 5.29. The topological polar surface area (TPSA) is 126 Å². The minimum absolute atomic E-state index is 0.112. The molecular formula is C29H32N6O3. The van der Waals surface area contributed by atoms with E-state index in [-0.39, 0.29) is 17.6 Å². The number of β-amino-alcohol motifs (C(OH)–C–C–N with tert-alkyl or cyclic N) is 1. The van der Waals surface area contributed by atoms with Gasteiger partial charge in [0.15, 0.2) is 5.65 Å². The lowest BCUT2D eigenvalue weighted by atomic mass is 9.89. The molecule has 0 unspecified atom stereocenters. The summed E-state index contributed by atoms with van der Waals surface area (Å²) in [5.74, 6) is 0.0498. The number of fused-ring (bicyclic) bond motifs is 1. The van der Waals surface area contributed by atoms with Gasteiger partial charge in [-0.2, -0.15) is 4.98 Å². The van der Waals surface area contributed by atoms with Crippen LogP contribution in [0.2, 0.25) is 0 Å². The summed E-state index contributed by atoms with van der Waals surface area (Å²) in [4.78, 5) is 36.2. The van der Waals surface area contributed by atoms with Crippen LogP contribution in [0.25, 0.3) is 16.7 Å². The molecule has 1 amide bonds. The Labute approximate surface area is 221 Å². The molecule has 1 aliphatic rings. The van der Waals surface area contributed by atoms with Gasteiger partial charge in [0, 0.05) is 30.3 Å². The number of carbonyl (C=O) groups excluding carboxylic acids is 1. The van der Waals surface area contributed by atoms with Crippen molar-refractivity contribution in [1.82, 2.24) is 19.4 Å². The van der Waals surface area contributed by atoms with Crippen molar-refractivity contribution in [3.05, 3.63) is 87.8 Å². The SMILES string of the molecule is CCc1ccc(-n2cc(C(N)=O)c(=O)c3cnc(Nc4ccc(C5CCN(CCO)CC5)cc4)nc32)cc1. The van der Waals surface area contributed by atoms with Crippen LogP contribution in [0.4, 0.5) is 11.6 Å². The van der Waals surface area contributed by atoms with Crippen molar-refractivity contribution in [2.24, 2.45) is 5.73 Å². The molecule has 38 heavy (non-hydrogen) atoms. The molecule has 196 valence electrons. The summed E-state index contributed by atoms with van der Waals surface area (Å²) < 4.78 is 1.70. The average Bonchev–Trinajstić information content (AvgIpc) is 2.94. The quantitative estimate of drug-likeness (QED) is 0.330. The molecule has 3 heterocycles. The maximum absolute atomic E-state index is 12.9. The summed E-state index contributed by atoms with van der Waals surface area (Å²) in [6.45, 7) is 5.01. The summed E-state index contributed by atoms with van der Waals surface area (Å²) in [5, 5.41) is 12.6. The van der Waals surface area contributed by atoms with Gasteiger partial charge in [0.05, 0.1) is 12.0 Å². The molecule has 1 aliphatic heterocycles. The van der Waals surface area contributed by atoms with Gasteiger partial charge < -0.3 is 25.6 Å². The van der Waals surface area contributed by atoms with Crippen LogP contribution < -0.4 is 16.5 Å². The van der Waals surface area contributed by atoms with E-state index in [1.165, 1.54) is 23.5 Å². The van der Waals surface area contributed by atoms with Crippen molar-refractivity contribution in [1.29, 1.82) is 0 Å². The molecule has 0 bridgehead atoms. The van der Waals surface area contributed by atoms with Gasteiger partial charge in [-0.25, -0.2) is 4.98 Å². The number of aliphatic hydroxyl groups is 1. The Kier molecular flexibility index (Phi) is 7.48. The predicted octanol–water partition coefficient (Wildman–Crippen LogP) is 3.36. The molecule has 0 saturated carbocycles. The number of nitrogens with one attached hydrogen (secondary N) is 1. The Balaban J connectivity index is 1.43. The average molecular weight is 513 g/mol. The molecule has 1 fully saturated rings. The van der Waals surface area contributed by atoms with Crippen LogP contribution in [0.15, 0.2) is 65.7 Å². The number of aliphatic hydroxyl groups excluding tert-OH is 1. The van der Waals surface area contributed by atoms with Crippen molar-refractivity contribution in [2.75, 3.05) is 31.6 Å². The number of nitrogens with zero attached hydrogens (tertiary/aromatic N) is 4. The Morgan fingerprint density at radius 1 is 1.11 bits per heavy atom. The predicted molar refractivity (Wildman–Crippen MR) is 148 cm³/mol. The van der Waals surface area contributed by atoms with E-state index in [4.69, 9.17) is 10.8 Å². The van der Waals surface area contributed by atoms with Gasteiger partial charge in [0.2, 0.25) is 11.4 Å². The number of pyridine rings is 1. The summed E-state index contributed by atoms with van der Waals surface area (Å²) in [6, 6.07) is 16.1. The highest BCUT2D eigenvalue weighted by Crippen LogP contribution is 2.29. The number of hydrogen-bond acceptors (Lipinski definition) is 7. The van der Waals surface area contributed by atoms with E-state index in [0.717, 1.165) is 50.3 Å². The number of hydrogen-bond donors (Lipinski definition) is 3. The molecule has 9 heteroatoms. The first kappa shape index (κ1) is 25.6. The van der Waals surface area contributed by atoms with Crippen molar-refractivity contribution in [3.63, 3.8) is 0 Å². The third-order valence-corrected chi connectivity index (χ3v) is 7.27. The zero-order chi connectivity index (χ0) is 26.6. The fourth-order valence-corrected chi connectivity index (χ4v) is 5.03. The number of likely N-dealkylation sites (tertiary alicyclic amines) is 1. The van der Waals surface area contributed by atoms with Crippen LogP contribution in [-0.4, -0.2) is 56.7 Å². The Hall–Kier alpha value is -4.08. The lowest BCUT2D eigenvalue weighted by Gasteiger charge is -2.31. The number of anilines is 2. The highest BCUT2D eigenvalue weighted by molar-refractivity contribution is 5.96. The van der Waals surface area contributed by atoms with Gasteiger partial charge >= 0.3 is 0 Å². The second-order valence-electron chi connectivity index (χ2n) is 9.64. The second-order valence-corrected chi connectivity index (χ2v) is 9.64. The molecular weight excluding hydrogens is 480 g/mol. The minimum Gasteiger partial charge on any atom is -0.395 e. The Morgan fingerprint density at radius 2 is 1.82 bits per heavy atom. The van der Waals surface area contributed by atoms with Crippen LogP contribution >= 0.6 is 0 Å². The van der Waals surface area contributed by atoms with Gasteiger partial charge in [0.1, 0.15) is 5.56 Å². The molecule has 1 saturated heterocycles. The van der Waals surface area contributed by atoms with Crippen LogP contribution in [0.5, 0.6) is 0 Å². The van der Waals surface area contributed by atoms with E-state index >= 15 is 0 Å². The van der Waals surface area contributed by atoms with Crippen molar-refractivity contribution in [3.8, 4) is 5.69 Å². The minimum atomic E-state index is -0.794. The Bertz CT molecular complexity index is 1490. The van der Waals surface area contributed by atoms with E-state index in [1.54, 1.807) is 4.57 Å². The number of aryl methyl sites for hydroxylation is 1. The number of nitrogens with two attached hydrogens (primary N) is 1. The van der Waals surface area contributed by atoms with Crippen LogP contribution in [-0.2, 0) is 6.42 Å². The lowest BCUT2D eigenvalue weighted by molar-refractivity contribution is 0.0999. The molecule has 2 aromatic heterocycles. The largest absolute Gasteiger partial charge is 0.395 e. The molecule has 2 aromatic carbocycles. The zero-order valence-electron chi connectivity index (χ0n) is 21.4. The number of benzene rings is 2. The monoisotopic (exact) mass is 512 g/mol. The van der Waals surface area contributed by atoms with E-state index in [2.05, 4.69) is 39.2 Å². The third-order valence-electron chi connectivity index (χ3n) is 7.27. The van der Waals surface area contributed by atoms with E-state index in [0.29, 0.717) is 17.5 Å². The van der Waals surface area contributed by atoms with Crippen molar-refractivity contribution < 1.29 is 9.90 Å². The summed E-state index contributed by atoms with van der Waals surface area (Å²) >= 11 is 0. The van der Waals surface area contributed by atoms with E-state index < -0.39 is 11.3 Å². The van der Waals surface area contributed by atoms with Crippen LogP contribution in [0.3, 0.4) is 0 Å². The maximum atomic E-state index is 12.9. The van der Waals surface area contributed by atoms with Crippen molar-refractivity contribution in [2.45, 2.75) is 32.1 Å². The number of piperidine rings is 1. The fraction of sp³-hybridized carbons (Fsp3) is 0.310. The lowest BCUT2D eigenvalue weighted by Crippen LogP contribution is -2.34. The molecule has 0 radical (unpaired) electrons. The standard InChI is InChI=1S/C29H32N6O3/c1-2-19-3-9-23(10-4-19)35-18-25(27(30)38)26(37)24-17-31-29(33-28(24)35)32-22-7-5-20(6-8-22)21-11-13-34(14-12-21)15-16-36/h3-10,17-18,21,36H,2,11-16H2,1H3,(H2,30,38)(H,31,32,33). The van der Waals surface area contributed by atoms with Gasteiger partial charge in [-0.1, -0.05) is 31.2 Å². The number of rotatable bonds is 8. The van der Waals surface area contributed by atoms with Gasteiger partial charge in [-0.15, -0.1) is 0 Å². The first-order chi connectivity index (χ1) is 18.5. The highest BCUT2D eigenvalue weighted by Gasteiger charge is 2.20. The molecule has 5 rings (SSSR count). The zero-order valence-corrected chi connectivity index (χ0v) is 21.4. The molecule has 0 spiro atoms. The number of carbonyl (C=O) groups is 1. The Morgan fingerprint density at radius 3 is 2.45 bits per heavy atom. The van der Waals surface area contributed by atoms with E-state index in [9.17, 15) is 9.59 Å². The molecule has 4 N–H and O–H groups in total. The maximum Gasteiger partial charge on any atom is 0.254 e. The number of primary amides is 1. The number of aromatic nitrogens is 3.